The molecule has 1 aliphatic heterocycles. The van der Waals surface area contributed by atoms with Crippen molar-refractivity contribution in [1.29, 1.82) is 0 Å². The van der Waals surface area contributed by atoms with Crippen molar-refractivity contribution in [1.82, 2.24) is 30.5 Å². The fraction of sp³-hybridized carbons (Fsp3) is 0.211. The highest BCUT2D eigenvalue weighted by molar-refractivity contribution is 6.04. The molecule has 1 unspecified atom stereocenters. The number of urea groups is 1. The van der Waals surface area contributed by atoms with Crippen molar-refractivity contribution in [3.8, 4) is 5.82 Å². The van der Waals surface area contributed by atoms with Crippen molar-refractivity contribution in [3.05, 3.63) is 54.5 Å². The van der Waals surface area contributed by atoms with E-state index in [9.17, 15) is 14.4 Å². The van der Waals surface area contributed by atoms with E-state index in [-0.39, 0.29) is 25.3 Å². The van der Waals surface area contributed by atoms with Crippen LogP contribution in [-0.4, -0.2) is 38.4 Å². The van der Waals surface area contributed by atoms with Gasteiger partial charge in [0.05, 0.1) is 11.0 Å². The monoisotopic (exact) mass is 378 g/mol. The Bertz CT molecular complexity index is 1060. The number of hydrogen-bond acceptors (Lipinski definition) is 5. The molecule has 3 N–H and O–H groups in total. The van der Waals surface area contributed by atoms with Gasteiger partial charge < -0.3 is 10.6 Å². The normalized spacial score (nSPS) is 16.1. The number of carbonyl (C=O) groups excluding carboxylic acids is 3. The minimum atomic E-state index is -0.662. The molecule has 1 saturated heterocycles. The second kappa shape index (κ2) is 7.47. The summed E-state index contributed by atoms with van der Waals surface area (Å²) in [5.41, 5.74) is 2.63. The van der Waals surface area contributed by atoms with Crippen molar-refractivity contribution in [3.63, 3.8) is 0 Å². The maximum atomic E-state index is 12.2. The minimum absolute atomic E-state index is 0.127. The Kier molecular flexibility index (Phi) is 4.71. The number of aromatic nitrogens is 3. The van der Waals surface area contributed by atoms with Gasteiger partial charge in [-0.2, -0.15) is 0 Å². The molecule has 4 amide bonds. The SMILES string of the molecule is O=C(CCC1NC(=O)NC1=O)NCc1cccnc1-n1cnc2ccccc21. The van der Waals surface area contributed by atoms with Crippen LogP contribution in [0.25, 0.3) is 16.9 Å². The van der Waals surface area contributed by atoms with E-state index in [0.717, 1.165) is 16.6 Å². The van der Waals surface area contributed by atoms with Gasteiger partial charge in [-0.05, 0) is 24.6 Å². The van der Waals surface area contributed by atoms with Crippen LogP contribution in [0.2, 0.25) is 0 Å². The summed E-state index contributed by atoms with van der Waals surface area (Å²) >= 11 is 0. The molecule has 0 spiro atoms. The van der Waals surface area contributed by atoms with E-state index in [4.69, 9.17) is 0 Å². The van der Waals surface area contributed by atoms with Crippen LogP contribution in [0, 0.1) is 0 Å². The lowest BCUT2D eigenvalue weighted by Gasteiger charge is -2.12. The zero-order valence-corrected chi connectivity index (χ0v) is 14.9. The number of nitrogens with zero attached hydrogens (tertiary/aromatic N) is 3. The lowest BCUT2D eigenvalue weighted by molar-refractivity contribution is -0.122. The summed E-state index contributed by atoms with van der Waals surface area (Å²) in [4.78, 5) is 43.6. The van der Waals surface area contributed by atoms with E-state index in [1.54, 1.807) is 12.5 Å². The number of rotatable bonds is 6. The molecule has 9 nitrogen and oxygen atoms in total. The Morgan fingerprint density at radius 2 is 2.00 bits per heavy atom. The third-order valence-corrected chi connectivity index (χ3v) is 4.54. The Balaban J connectivity index is 1.42. The summed E-state index contributed by atoms with van der Waals surface area (Å²) in [6.07, 6.45) is 3.77. The largest absolute Gasteiger partial charge is 0.352 e. The number of imidazole rings is 1. The van der Waals surface area contributed by atoms with Gasteiger partial charge in [0.15, 0.2) is 0 Å². The first-order chi connectivity index (χ1) is 13.6. The maximum absolute atomic E-state index is 12.2. The Morgan fingerprint density at radius 1 is 1.14 bits per heavy atom. The van der Waals surface area contributed by atoms with Gasteiger partial charge in [0.1, 0.15) is 18.2 Å². The highest BCUT2D eigenvalue weighted by Gasteiger charge is 2.29. The van der Waals surface area contributed by atoms with E-state index < -0.39 is 18.0 Å². The fourth-order valence-electron chi connectivity index (χ4n) is 3.13. The molecule has 0 bridgehead atoms. The number of hydrogen-bond donors (Lipinski definition) is 3. The van der Waals surface area contributed by atoms with Crippen LogP contribution in [-0.2, 0) is 16.1 Å². The summed E-state index contributed by atoms with van der Waals surface area (Å²) in [7, 11) is 0. The number of carbonyl (C=O) groups is 3. The Hall–Kier alpha value is -3.75. The topological polar surface area (TPSA) is 118 Å². The van der Waals surface area contributed by atoms with E-state index in [0.29, 0.717) is 5.82 Å². The van der Waals surface area contributed by atoms with Crippen LogP contribution in [0.15, 0.2) is 48.9 Å². The third kappa shape index (κ3) is 3.54. The summed E-state index contributed by atoms with van der Waals surface area (Å²) in [6.45, 7) is 0.289. The summed E-state index contributed by atoms with van der Waals surface area (Å²) in [6, 6.07) is 10.3. The number of imide groups is 1. The van der Waals surface area contributed by atoms with Gasteiger partial charge in [-0.15, -0.1) is 0 Å². The van der Waals surface area contributed by atoms with Crippen molar-refractivity contribution < 1.29 is 14.4 Å². The van der Waals surface area contributed by atoms with Gasteiger partial charge >= 0.3 is 6.03 Å². The number of fused-ring (bicyclic) bond motifs is 1. The zero-order chi connectivity index (χ0) is 19.5. The molecule has 0 saturated carbocycles. The smallest absolute Gasteiger partial charge is 0.322 e. The van der Waals surface area contributed by atoms with Crippen LogP contribution in [0.4, 0.5) is 4.79 Å². The molecule has 28 heavy (non-hydrogen) atoms. The first-order valence-corrected chi connectivity index (χ1v) is 8.86. The van der Waals surface area contributed by atoms with Gasteiger partial charge in [-0.25, -0.2) is 14.8 Å². The van der Waals surface area contributed by atoms with Gasteiger partial charge in [-0.1, -0.05) is 18.2 Å². The molecule has 0 aliphatic carbocycles. The van der Waals surface area contributed by atoms with Gasteiger partial charge in [0.2, 0.25) is 5.91 Å². The molecule has 3 heterocycles. The van der Waals surface area contributed by atoms with Crippen molar-refractivity contribution in [2.45, 2.75) is 25.4 Å². The molecule has 1 aliphatic rings. The van der Waals surface area contributed by atoms with Gasteiger partial charge in [0, 0.05) is 24.7 Å². The first-order valence-electron chi connectivity index (χ1n) is 8.86. The van der Waals surface area contributed by atoms with Crippen molar-refractivity contribution >= 4 is 28.9 Å². The van der Waals surface area contributed by atoms with Gasteiger partial charge in [0.25, 0.3) is 5.91 Å². The van der Waals surface area contributed by atoms with Crippen LogP contribution in [0.5, 0.6) is 0 Å². The fourth-order valence-corrected chi connectivity index (χ4v) is 3.13. The summed E-state index contributed by atoms with van der Waals surface area (Å²) in [5.74, 6) is 0.0810. The first kappa shape index (κ1) is 17.7. The summed E-state index contributed by atoms with van der Waals surface area (Å²) < 4.78 is 1.88. The minimum Gasteiger partial charge on any atom is -0.352 e. The molecule has 1 atom stereocenters. The van der Waals surface area contributed by atoms with Crippen LogP contribution in [0.1, 0.15) is 18.4 Å². The van der Waals surface area contributed by atoms with E-state index in [2.05, 4.69) is 25.9 Å². The van der Waals surface area contributed by atoms with E-state index >= 15 is 0 Å². The molecule has 9 heteroatoms. The molecule has 142 valence electrons. The predicted molar refractivity (Wildman–Crippen MR) is 100 cm³/mol. The second-order valence-electron chi connectivity index (χ2n) is 6.42. The molecule has 1 fully saturated rings. The Labute approximate surface area is 160 Å². The number of nitrogens with one attached hydrogen (secondary N) is 3. The van der Waals surface area contributed by atoms with Crippen molar-refractivity contribution in [2.75, 3.05) is 0 Å². The number of amides is 4. The Morgan fingerprint density at radius 3 is 2.82 bits per heavy atom. The maximum Gasteiger partial charge on any atom is 0.322 e. The average Bonchev–Trinajstić information content (AvgIpc) is 3.27. The molecule has 3 aromatic rings. The third-order valence-electron chi connectivity index (χ3n) is 4.54. The van der Waals surface area contributed by atoms with Crippen LogP contribution in [0.3, 0.4) is 0 Å². The lowest BCUT2D eigenvalue weighted by Crippen LogP contribution is -2.31. The lowest BCUT2D eigenvalue weighted by atomic mass is 10.1. The highest BCUT2D eigenvalue weighted by Crippen LogP contribution is 2.19. The number of benzene rings is 1. The standard InChI is InChI=1S/C19H18N6O3/c26-16(8-7-14-18(27)24-19(28)23-14)21-10-12-4-3-9-20-17(12)25-11-22-13-5-1-2-6-15(13)25/h1-6,9,11,14H,7-8,10H2,(H,21,26)(H2,23,24,27,28). The number of para-hydroxylation sites is 2. The van der Waals surface area contributed by atoms with Gasteiger partial charge in [-0.3, -0.25) is 19.5 Å². The molecule has 2 aromatic heterocycles. The molecule has 1 aromatic carbocycles. The van der Waals surface area contributed by atoms with Crippen LogP contribution >= 0.6 is 0 Å². The van der Waals surface area contributed by atoms with Crippen molar-refractivity contribution in [2.24, 2.45) is 0 Å². The molecular weight excluding hydrogens is 360 g/mol. The highest BCUT2D eigenvalue weighted by atomic mass is 16.2. The molecular formula is C19H18N6O3. The number of pyridine rings is 1. The molecule has 0 radical (unpaired) electrons. The quantitative estimate of drug-likeness (QED) is 0.554. The van der Waals surface area contributed by atoms with Crippen LogP contribution < -0.4 is 16.0 Å². The predicted octanol–water partition coefficient (Wildman–Crippen LogP) is 1.02. The second-order valence-corrected chi connectivity index (χ2v) is 6.42. The van der Waals surface area contributed by atoms with E-state index in [1.807, 2.05) is 41.0 Å². The summed E-state index contributed by atoms with van der Waals surface area (Å²) in [5, 5.41) is 7.47. The average molecular weight is 378 g/mol. The zero-order valence-electron chi connectivity index (χ0n) is 14.9. The molecule has 4 rings (SSSR count). The van der Waals surface area contributed by atoms with E-state index in [1.165, 1.54) is 0 Å².